The molecule has 2 aliphatic rings. The van der Waals surface area contributed by atoms with Gasteiger partial charge in [-0.1, -0.05) is 0 Å². The van der Waals surface area contributed by atoms with Crippen molar-refractivity contribution in [1.82, 2.24) is 10.3 Å². The van der Waals surface area contributed by atoms with Crippen LogP contribution in [0.5, 0.6) is 0 Å². The molecule has 1 aromatic carbocycles. The highest BCUT2D eigenvalue weighted by molar-refractivity contribution is 8.00. The van der Waals surface area contributed by atoms with Gasteiger partial charge in [-0.25, -0.2) is 15.0 Å². The zero-order valence-corrected chi connectivity index (χ0v) is 17.7. The third kappa shape index (κ3) is 5.13. The Morgan fingerprint density at radius 2 is 2.03 bits per heavy atom. The number of fused-ring (bicyclic) bond motifs is 1. The van der Waals surface area contributed by atoms with Crippen molar-refractivity contribution in [2.24, 2.45) is 0 Å². The van der Waals surface area contributed by atoms with Gasteiger partial charge >= 0.3 is 12.1 Å². The fraction of sp³-hybridized carbons (Fsp3) is 0.526. The normalized spacial score (nSPS) is 21.0. The quantitative estimate of drug-likeness (QED) is 0.636. The molecular weight excluding hydrogens is 396 g/mol. The Morgan fingerprint density at radius 3 is 2.72 bits per heavy atom. The largest absolute Gasteiger partial charge is 0.468 e. The van der Waals surface area contributed by atoms with E-state index >= 15 is 0 Å². The van der Waals surface area contributed by atoms with Crippen molar-refractivity contribution in [2.45, 2.75) is 37.7 Å². The maximum Gasteiger partial charge on any atom is 0.410 e. The summed E-state index contributed by atoms with van der Waals surface area (Å²) < 4.78 is 10.2. The number of hydrogen-bond donors (Lipinski definition) is 3. The minimum Gasteiger partial charge on any atom is -0.468 e. The second-order valence-electron chi connectivity index (χ2n) is 7.80. The number of anilines is 2. The standard InChI is InChI=1S/C19H26N4O5S/c1-19(2,3)28-18(26)23-7-8-29-14(10-23)16(24)20-11-5-6-13-12(9-11)15(22-21-13)17(25)27-4/h5-6,9,14-15,21-22H,7-8,10H2,1-4H3,(H,20,24). The maximum atomic E-state index is 12.8. The molecule has 2 aliphatic heterocycles. The van der Waals surface area contributed by atoms with Crippen LogP contribution in [0.25, 0.3) is 0 Å². The molecular formula is C19H26N4O5S. The molecule has 2 atom stereocenters. The van der Waals surface area contributed by atoms with E-state index in [9.17, 15) is 14.4 Å². The topological polar surface area (TPSA) is 109 Å². The maximum absolute atomic E-state index is 12.8. The lowest BCUT2D eigenvalue weighted by Crippen LogP contribution is -2.47. The van der Waals surface area contributed by atoms with Gasteiger partial charge in [-0.05, 0) is 39.0 Å². The summed E-state index contributed by atoms with van der Waals surface area (Å²) in [7, 11) is 1.32. The van der Waals surface area contributed by atoms with Crippen molar-refractivity contribution in [3.8, 4) is 0 Å². The van der Waals surface area contributed by atoms with Crippen molar-refractivity contribution >= 4 is 41.1 Å². The van der Waals surface area contributed by atoms with Gasteiger partial charge in [-0.3, -0.25) is 4.79 Å². The van der Waals surface area contributed by atoms with Crippen LogP contribution in [0.15, 0.2) is 18.2 Å². The monoisotopic (exact) mass is 422 g/mol. The molecule has 0 saturated carbocycles. The predicted molar refractivity (Wildman–Crippen MR) is 111 cm³/mol. The molecule has 158 valence electrons. The Hall–Kier alpha value is -2.46. The fourth-order valence-electron chi connectivity index (χ4n) is 3.05. The number of carbonyl (C=O) groups is 3. The summed E-state index contributed by atoms with van der Waals surface area (Å²) in [5.74, 6) is 0.0343. The summed E-state index contributed by atoms with van der Waals surface area (Å²) in [4.78, 5) is 38.5. The molecule has 1 fully saturated rings. The van der Waals surface area contributed by atoms with Crippen LogP contribution in [0.2, 0.25) is 0 Å². The van der Waals surface area contributed by atoms with E-state index in [0.29, 0.717) is 23.5 Å². The Bertz CT molecular complexity index is 810. The van der Waals surface area contributed by atoms with Crippen LogP contribution in [0, 0.1) is 0 Å². The number of thioether (sulfide) groups is 1. The predicted octanol–water partition coefficient (Wildman–Crippen LogP) is 2.12. The molecule has 3 rings (SSSR count). The van der Waals surface area contributed by atoms with E-state index in [-0.39, 0.29) is 12.5 Å². The number of nitrogens with one attached hydrogen (secondary N) is 3. The van der Waals surface area contributed by atoms with E-state index in [2.05, 4.69) is 16.2 Å². The molecule has 3 N–H and O–H groups in total. The first-order valence-corrected chi connectivity index (χ1v) is 10.4. The third-order valence-corrected chi connectivity index (χ3v) is 5.61. The molecule has 2 amide bonds. The number of esters is 1. The summed E-state index contributed by atoms with van der Waals surface area (Å²) in [6.45, 7) is 6.26. The lowest BCUT2D eigenvalue weighted by molar-refractivity contribution is -0.142. The lowest BCUT2D eigenvalue weighted by atomic mass is 10.1. The van der Waals surface area contributed by atoms with E-state index in [1.165, 1.54) is 18.9 Å². The highest BCUT2D eigenvalue weighted by atomic mass is 32.2. The summed E-state index contributed by atoms with van der Waals surface area (Å²) in [6, 6.07) is 4.63. The van der Waals surface area contributed by atoms with Crippen LogP contribution < -0.4 is 16.2 Å². The fourth-order valence-corrected chi connectivity index (χ4v) is 4.15. The summed E-state index contributed by atoms with van der Waals surface area (Å²) in [6.07, 6.45) is -0.411. The molecule has 1 aromatic rings. The molecule has 0 bridgehead atoms. The lowest BCUT2D eigenvalue weighted by Gasteiger charge is -2.33. The van der Waals surface area contributed by atoms with Crippen molar-refractivity contribution in [1.29, 1.82) is 0 Å². The minimum absolute atomic E-state index is 0.197. The molecule has 0 radical (unpaired) electrons. The summed E-state index contributed by atoms with van der Waals surface area (Å²) >= 11 is 1.50. The summed E-state index contributed by atoms with van der Waals surface area (Å²) in [5.41, 5.74) is 7.21. The number of hydrazine groups is 1. The number of rotatable bonds is 3. The third-order valence-electron chi connectivity index (χ3n) is 4.43. The second kappa shape index (κ2) is 8.50. The van der Waals surface area contributed by atoms with E-state index in [1.54, 1.807) is 23.1 Å². The van der Waals surface area contributed by atoms with Crippen molar-refractivity contribution < 1.29 is 23.9 Å². The van der Waals surface area contributed by atoms with Gasteiger partial charge in [0.15, 0.2) is 6.04 Å². The van der Waals surface area contributed by atoms with Crippen LogP contribution in [0.1, 0.15) is 32.4 Å². The molecule has 0 aliphatic carbocycles. The van der Waals surface area contributed by atoms with Gasteiger partial charge in [0.25, 0.3) is 0 Å². The SMILES string of the molecule is COC(=O)C1NNc2ccc(NC(=O)C3CN(C(=O)OC(C)(C)C)CCS3)cc21. The van der Waals surface area contributed by atoms with Gasteiger partial charge in [0.1, 0.15) is 10.9 Å². The smallest absolute Gasteiger partial charge is 0.410 e. The van der Waals surface area contributed by atoms with E-state index in [1.807, 2.05) is 20.8 Å². The molecule has 10 heteroatoms. The van der Waals surface area contributed by atoms with Gasteiger partial charge in [0.2, 0.25) is 5.91 Å². The summed E-state index contributed by atoms with van der Waals surface area (Å²) in [5, 5.41) is 2.47. The Kier molecular flexibility index (Phi) is 6.23. The molecule has 2 unspecified atom stereocenters. The Balaban J connectivity index is 1.65. The van der Waals surface area contributed by atoms with Crippen LogP contribution in [0.4, 0.5) is 16.2 Å². The number of amides is 2. The number of hydrogen-bond acceptors (Lipinski definition) is 8. The van der Waals surface area contributed by atoms with E-state index < -0.39 is 29.0 Å². The van der Waals surface area contributed by atoms with Crippen molar-refractivity contribution in [3.63, 3.8) is 0 Å². The number of carbonyl (C=O) groups excluding carboxylic acids is 3. The van der Waals surface area contributed by atoms with E-state index in [0.717, 1.165) is 5.69 Å². The minimum atomic E-state index is -0.640. The highest BCUT2D eigenvalue weighted by Gasteiger charge is 2.33. The highest BCUT2D eigenvalue weighted by Crippen LogP contribution is 2.32. The molecule has 9 nitrogen and oxygen atoms in total. The zero-order chi connectivity index (χ0) is 21.2. The van der Waals surface area contributed by atoms with Gasteiger partial charge in [0, 0.05) is 30.1 Å². The second-order valence-corrected chi connectivity index (χ2v) is 9.11. The molecule has 0 aromatic heterocycles. The number of nitrogens with zero attached hydrogens (tertiary/aromatic N) is 1. The Morgan fingerprint density at radius 1 is 1.28 bits per heavy atom. The first kappa shape index (κ1) is 21.3. The average molecular weight is 423 g/mol. The molecule has 0 spiro atoms. The van der Waals surface area contributed by atoms with Crippen LogP contribution in [-0.4, -0.2) is 59.7 Å². The van der Waals surface area contributed by atoms with Crippen molar-refractivity contribution in [2.75, 3.05) is 36.7 Å². The van der Waals surface area contributed by atoms with E-state index in [4.69, 9.17) is 9.47 Å². The van der Waals surface area contributed by atoms with Crippen molar-refractivity contribution in [3.05, 3.63) is 23.8 Å². The van der Waals surface area contributed by atoms with Crippen LogP contribution >= 0.6 is 11.8 Å². The van der Waals surface area contributed by atoms with Gasteiger partial charge in [-0.15, -0.1) is 11.8 Å². The zero-order valence-electron chi connectivity index (χ0n) is 16.9. The van der Waals surface area contributed by atoms with Gasteiger partial charge < -0.3 is 25.1 Å². The van der Waals surface area contributed by atoms with Crippen LogP contribution in [0.3, 0.4) is 0 Å². The van der Waals surface area contributed by atoms with Crippen LogP contribution in [-0.2, 0) is 19.1 Å². The molecule has 29 heavy (non-hydrogen) atoms. The van der Waals surface area contributed by atoms with Gasteiger partial charge in [0.05, 0.1) is 12.8 Å². The van der Waals surface area contributed by atoms with Gasteiger partial charge in [-0.2, -0.15) is 0 Å². The first-order valence-electron chi connectivity index (χ1n) is 9.31. The number of methoxy groups -OCH3 is 1. The number of ether oxygens (including phenoxy) is 2. The first-order chi connectivity index (χ1) is 13.7. The average Bonchev–Trinajstić information content (AvgIpc) is 3.09. The molecule has 2 heterocycles. The Labute approximate surface area is 173 Å². The molecule has 1 saturated heterocycles. The number of benzene rings is 1.